The van der Waals surface area contributed by atoms with E-state index >= 15 is 0 Å². The molecule has 0 bridgehead atoms. The fourth-order valence-electron chi connectivity index (χ4n) is 4.06. The number of pyridine rings is 1. The quantitative estimate of drug-likeness (QED) is 0.265. The highest BCUT2D eigenvalue weighted by Crippen LogP contribution is 2.36. The first kappa shape index (κ1) is 19.1. The van der Waals surface area contributed by atoms with E-state index in [0.29, 0.717) is 0 Å². The topological polar surface area (TPSA) is 17.8 Å². The van der Waals surface area contributed by atoms with Gasteiger partial charge in [0, 0.05) is 21.4 Å². The van der Waals surface area contributed by atoms with E-state index in [1.165, 1.54) is 33.0 Å². The predicted octanol–water partition coefficient (Wildman–Crippen LogP) is 7.91. The summed E-state index contributed by atoms with van der Waals surface area (Å²) < 4.78 is 3.34. The fourth-order valence-corrected chi connectivity index (χ4v) is 4.41. The lowest BCUT2D eigenvalue weighted by Crippen LogP contribution is -2.12. The molecule has 0 spiro atoms. The molecule has 2 nitrogen and oxygen atoms in total. The Balaban J connectivity index is 1.82. The van der Waals surface area contributed by atoms with E-state index in [9.17, 15) is 0 Å². The summed E-state index contributed by atoms with van der Waals surface area (Å²) in [7, 11) is 0. The van der Waals surface area contributed by atoms with Crippen LogP contribution in [0.2, 0.25) is 0 Å². The second kappa shape index (κ2) is 7.10. The number of benzene rings is 3. The Hall–Kier alpha value is -2.91. The van der Waals surface area contributed by atoms with E-state index < -0.39 is 0 Å². The van der Waals surface area contributed by atoms with Crippen molar-refractivity contribution in [3.8, 4) is 16.9 Å². The molecule has 2 heterocycles. The zero-order valence-electron chi connectivity index (χ0n) is 17.4. The van der Waals surface area contributed by atoms with Gasteiger partial charge in [-0.05, 0) is 58.5 Å². The molecule has 2 aromatic heterocycles. The maximum atomic E-state index is 4.75. The summed E-state index contributed by atoms with van der Waals surface area (Å²) in [6, 6.07) is 28.1. The van der Waals surface area contributed by atoms with E-state index in [1.807, 2.05) is 6.20 Å². The molecule has 0 radical (unpaired) electrons. The van der Waals surface area contributed by atoms with Gasteiger partial charge in [0.2, 0.25) is 0 Å². The minimum atomic E-state index is 0.0670. The number of nitrogens with zero attached hydrogens (tertiary/aromatic N) is 2. The van der Waals surface area contributed by atoms with Crippen LogP contribution in [-0.4, -0.2) is 9.55 Å². The lowest BCUT2D eigenvalue weighted by Gasteiger charge is -2.20. The highest BCUT2D eigenvalue weighted by atomic mass is 79.9. The van der Waals surface area contributed by atoms with Crippen molar-refractivity contribution in [2.24, 2.45) is 0 Å². The molecule has 0 amide bonds. The first-order chi connectivity index (χ1) is 14.4. The zero-order valence-corrected chi connectivity index (χ0v) is 18.9. The second-order valence-electron chi connectivity index (χ2n) is 8.75. The molecular weight excluding hydrogens is 432 g/mol. The minimum absolute atomic E-state index is 0.0670. The van der Waals surface area contributed by atoms with E-state index in [4.69, 9.17) is 4.98 Å². The molecule has 0 fully saturated rings. The Morgan fingerprint density at radius 2 is 1.53 bits per heavy atom. The van der Waals surface area contributed by atoms with Crippen LogP contribution < -0.4 is 0 Å². The van der Waals surface area contributed by atoms with Crippen LogP contribution in [0.3, 0.4) is 0 Å². The summed E-state index contributed by atoms with van der Waals surface area (Å²) in [4.78, 5) is 4.75. The number of rotatable bonds is 2. The Labute approximate surface area is 185 Å². The third-order valence-corrected chi connectivity index (χ3v) is 6.17. The molecule has 30 heavy (non-hydrogen) atoms. The van der Waals surface area contributed by atoms with Crippen molar-refractivity contribution in [3.63, 3.8) is 0 Å². The summed E-state index contributed by atoms with van der Waals surface area (Å²) in [5.41, 5.74) is 6.12. The van der Waals surface area contributed by atoms with Crippen LogP contribution in [0.15, 0.2) is 89.5 Å². The van der Waals surface area contributed by atoms with Crippen molar-refractivity contribution in [1.29, 1.82) is 0 Å². The molecule has 0 saturated heterocycles. The van der Waals surface area contributed by atoms with Crippen LogP contribution in [-0.2, 0) is 5.41 Å². The number of hydrogen-bond acceptors (Lipinski definition) is 1. The Bertz CT molecular complexity index is 1380. The summed E-state index contributed by atoms with van der Waals surface area (Å²) in [5.74, 6) is 0.952. The molecule has 0 saturated carbocycles. The van der Waals surface area contributed by atoms with Gasteiger partial charge in [0.1, 0.15) is 5.82 Å². The standard InChI is InChI=1S/C27H23BrN2/c1-27(2,3)20-13-14-29-26(16-20)30-24-12-9-19(18-7-5-4-6-8-18)15-23(24)22-11-10-21(28)17-25(22)30/h4-17H,1-3H3. The van der Waals surface area contributed by atoms with Gasteiger partial charge >= 0.3 is 0 Å². The van der Waals surface area contributed by atoms with Crippen LogP contribution >= 0.6 is 15.9 Å². The highest BCUT2D eigenvalue weighted by molar-refractivity contribution is 9.10. The Morgan fingerprint density at radius 1 is 0.733 bits per heavy atom. The number of fused-ring (bicyclic) bond motifs is 3. The van der Waals surface area contributed by atoms with Crippen LogP contribution in [0.4, 0.5) is 0 Å². The maximum Gasteiger partial charge on any atom is 0.137 e. The van der Waals surface area contributed by atoms with E-state index in [1.54, 1.807) is 0 Å². The molecule has 5 aromatic rings. The molecule has 0 aliphatic rings. The summed E-state index contributed by atoms with van der Waals surface area (Å²) >= 11 is 3.66. The summed E-state index contributed by atoms with van der Waals surface area (Å²) in [6.45, 7) is 6.71. The Morgan fingerprint density at radius 3 is 2.30 bits per heavy atom. The van der Waals surface area contributed by atoms with Crippen molar-refractivity contribution in [3.05, 3.63) is 95.1 Å². The van der Waals surface area contributed by atoms with Crippen molar-refractivity contribution < 1.29 is 0 Å². The van der Waals surface area contributed by atoms with Gasteiger partial charge in [-0.2, -0.15) is 0 Å². The normalized spacial score (nSPS) is 12.0. The molecule has 0 aliphatic carbocycles. The molecule has 0 N–H and O–H groups in total. The van der Waals surface area contributed by atoms with Gasteiger partial charge in [0.15, 0.2) is 0 Å². The maximum absolute atomic E-state index is 4.75. The average molecular weight is 455 g/mol. The molecule has 3 aromatic carbocycles. The van der Waals surface area contributed by atoms with Crippen molar-refractivity contribution in [1.82, 2.24) is 9.55 Å². The van der Waals surface area contributed by atoms with Crippen LogP contribution in [0.5, 0.6) is 0 Å². The molecule has 3 heteroatoms. The molecule has 0 aliphatic heterocycles. The molecule has 0 unspecified atom stereocenters. The molecule has 5 rings (SSSR count). The van der Waals surface area contributed by atoms with Gasteiger partial charge in [-0.25, -0.2) is 4.98 Å². The monoisotopic (exact) mass is 454 g/mol. The van der Waals surface area contributed by atoms with E-state index in [-0.39, 0.29) is 5.41 Å². The highest BCUT2D eigenvalue weighted by Gasteiger charge is 2.18. The van der Waals surface area contributed by atoms with Crippen LogP contribution in [0, 0.1) is 0 Å². The summed E-state index contributed by atoms with van der Waals surface area (Å²) in [6.07, 6.45) is 1.92. The van der Waals surface area contributed by atoms with Gasteiger partial charge in [-0.3, -0.25) is 4.57 Å². The molecule has 0 atom stereocenters. The lowest BCUT2D eigenvalue weighted by atomic mass is 9.88. The molecule has 148 valence electrons. The smallest absolute Gasteiger partial charge is 0.137 e. The van der Waals surface area contributed by atoms with Crippen molar-refractivity contribution in [2.45, 2.75) is 26.2 Å². The van der Waals surface area contributed by atoms with Gasteiger partial charge < -0.3 is 0 Å². The third kappa shape index (κ3) is 3.23. The number of hydrogen-bond donors (Lipinski definition) is 0. The summed E-state index contributed by atoms with van der Waals surface area (Å²) in [5, 5.41) is 2.47. The van der Waals surface area contributed by atoms with Crippen molar-refractivity contribution >= 4 is 37.7 Å². The third-order valence-electron chi connectivity index (χ3n) is 5.68. The fraction of sp³-hybridized carbons (Fsp3) is 0.148. The first-order valence-corrected chi connectivity index (χ1v) is 11.0. The SMILES string of the molecule is CC(C)(C)c1ccnc(-n2c3ccc(-c4ccccc4)cc3c3ccc(Br)cc32)c1. The Kier molecular flexibility index (Phi) is 4.52. The van der Waals surface area contributed by atoms with Gasteiger partial charge in [-0.15, -0.1) is 0 Å². The van der Waals surface area contributed by atoms with Gasteiger partial charge in [0.25, 0.3) is 0 Å². The number of halogens is 1. The van der Waals surface area contributed by atoms with Gasteiger partial charge in [-0.1, -0.05) is 79.2 Å². The second-order valence-corrected chi connectivity index (χ2v) is 9.66. The lowest BCUT2D eigenvalue weighted by molar-refractivity contribution is 0.588. The minimum Gasteiger partial charge on any atom is -0.294 e. The predicted molar refractivity (Wildman–Crippen MR) is 130 cm³/mol. The van der Waals surface area contributed by atoms with Crippen molar-refractivity contribution in [2.75, 3.05) is 0 Å². The average Bonchev–Trinajstić information content (AvgIpc) is 3.06. The first-order valence-electron chi connectivity index (χ1n) is 10.2. The zero-order chi connectivity index (χ0) is 20.9. The number of aromatic nitrogens is 2. The largest absolute Gasteiger partial charge is 0.294 e. The van der Waals surface area contributed by atoms with Crippen LogP contribution in [0.25, 0.3) is 38.8 Å². The molecular formula is C27H23BrN2. The van der Waals surface area contributed by atoms with Gasteiger partial charge in [0.05, 0.1) is 11.0 Å². The van der Waals surface area contributed by atoms with Crippen LogP contribution in [0.1, 0.15) is 26.3 Å². The van der Waals surface area contributed by atoms with E-state index in [2.05, 4.69) is 120 Å². The van der Waals surface area contributed by atoms with E-state index in [0.717, 1.165) is 15.8 Å².